The van der Waals surface area contributed by atoms with Gasteiger partial charge in [0.2, 0.25) is 0 Å². The van der Waals surface area contributed by atoms with E-state index in [0.717, 1.165) is 22.4 Å². The molecule has 0 atom stereocenters. The van der Waals surface area contributed by atoms with Crippen LogP contribution in [0.15, 0.2) is 48.5 Å². The summed E-state index contributed by atoms with van der Waals surface area (Å²) < 4.78 is 20.2. The summed E-state index contributed by atoms with van der Waals surface area (Å²) in [6.07, 6.45) is 0. The third-order valence-electron chi connectivity index (χ3n) is 3.97. The molecule has 2 aromatic carbocycles. The first-order valence-electron chi connectivity index (χ1n) is 8.41. The number of carbonyl (C=O) groups excluding carboxylic acids is 1. The summed E-state index contributed by atoms with van der Waals surface area (Å²) in [6, 6.07) is 13.8. The van der Waals surface area contributed by atoms with E-state index in [1.807, 2.05) is 28.8 Å². The average molecular weight is 356 g/mol. The van der Waals surface area contributed by atoms with E-state index in [0.29, 0.717) is 26.2 Å². The van der Waals surface area contributed by atoms with Crippen molar-refractivity contribution < 1.29 is 13.9 Å². The van der Waals surface area contributed by atoms with Crippen LogP contribution in [0.25, 0.3) is 22.4 Å². The molecule has 6 nitrogen and oxygen atoms in total. The molecule has 0 fully saturated rings. The molecule has 26 heavy (non-hydrogen) atoms. The molecular formula is C19H21FN4O2. The van der Waals surface area contributed by atoms with Gasteiger partial charge in [-0.25, -0.2) is 14.2 Å². The van der Waals surface area contributed by atoms with Gasteiger partial charge in [0.15, 0.2) is 0 Å². The average Bonchev–Trinajstić information content (AvgIpc) is 3.01. The largest absolute Gasteiger partial charge is 0.383 e. The van der Waals surface area contributed by atoms with Gasteiger partial charge in [0.05, 0.1) is 17.6 Å². The van der Waals surface area contributed by atoms with Crippen molar-refractivity contribution in [3.8, 4) is 11.4 Å². The third-order valence-corrected chi connectivity index (χ3v) is 3.97. The summed E-state index contributed by atoms with van der Waals surface area (Å²) in [5.74, 6) is 0.457. The maximum Gasteiger partial charge on any atom is 0.314 e. The van der Waals surface area contributed by atoms with Crippen LogP contribution in [0.2, 0.25) is 0 Å². The lowest BCUT2D eigenvalue weighted by atomic mass is 10.2. The number of fused-ring (bicyclic) bond motifs is 1. The molecule has 0 saturated heterocycles. The van der Waals surface area contributed by atoms with E-state index in [9.17, 15) is 9.18 Å². The number of carbonyl (C=O) groups is 1. The number of hydrogen-bond donors (Lipinski definition) is 2. The molecule has 0 saturated carbocycles. The lowest BCUT2D eigenvalue weighted by Gasteiger charge is -2.11. The predicted octanol–water partition coefficient (Wildman–Crippen LogP) is 2.79. The normalized spacial score (nSPS) is 10.8. The molecule has 2 N–H and O–H groups in total. The van der Waals surface area contributed by atoms with Gasteiger partial charge < -0.3 is 19.9 Å². The van der Waals surface area contributed by atoms with Gasteiger partial charge in [-0.1, -0.05) is 12.1 Å². The third kappa shape index (κ3) is 4.18. The second kappa shape index (κ2) is 8.44. The zero-order chi connectivity index (χ0) is 18.4. The van der Waals surface area contributed by atoms with E-state index in [2.05, 4.69) is 15.6 Å². The van der Waals surface area contributed by atoms with Gasteiger partial charge in [0.1, 0.15) is 11.6 Å². The Bertz CT molecular complexity index is 877. The Labute approximate surface area is 151 Å². The van der Waals surface area contributed by atoms with Crippen LogP contribution in [0, 0.1) is 5.82 Å². The number of benzene rings is 2. The van der Waals surface area contributed by atoms with Crippen molar-refractivity contribution in [1.29, 1.82) is 0 Å². The van der Waals surface area contributed by atoms with Gasteiger partial charge in [-0.3, -0.25) is 0 Å². The number of amides is 2. The van der Waals surface area contributed by atoms with Crippen LogP contribution in [0.3, 0.4) is 0 Å². The van der Waals surface area contributed by atoms with Crippen LogP contribution >= 0.6 is 0 Å². The van der Waals surface area contributed by atoms with Gasteiger partial charge in [-0.05, 0) is 36.4 Å². The van der Waals surface area contributed by atoms with Gasteiger partial charge in [0, 0.05) is 32.3 Å². The summed E-state index contributed by atoms with van der Waals surface area (Å²) in [6.45, 7) is 1.91. The highest BCUT2D eigenvalue weighted by Crippen LogP contribution is 2.24. The second-order valence-corrected chi connectivity index (χ2v) is 5.76. The Morgan fingerprint density at radius 3 is 2.62 bits per heavy atom. The molecule has 0 aliphatic heterocycles. The predicted molar refractivity (Wildman–Crippen MR) is 98.4 cm³/mol. The van der Waals surface area contributed by atoms with E-state index in [1.54, 1.807) is 19.2 Å². The molecule has 1 heterocycles. The Kier molecular flexibility index (Phi) is 5.80. The Morgan fingerprint density at radius 2 is 1.85 bits per heavy atom. The minimum absolute atomic E-state index is 0.241. The molecule has 0 aliphatic rings. The fourth-order valence-electron chi connectivity index (χ4n) is 2.73. The molecule has 2 amide bonds. The van der Waals surface area contributed by atoms with Crippen molar-refractivity contribution >= 4 is 17.1 Å². The molecule has 0 aliphatic carbocycles. The molecule has 7 heteroatoms. The topological polar surface area (TPSA) is 68.2 Å². The first-order valence-corrected chi connectivity index (χ1v) is 8.41. The molecule has 136 valence electrons. The van der Waals surface area contributed by atoms with Crippen LogP contribution in [0.5, 0.6) is 0 Å². The number of methoxy groups -OCH3 is 1. The molecule has 0 spiro atoms. The number of nitrogens with zero attached hydrogens (tertiary/aromatic N) is 2. The van der Waals surface area contributed by atoms with E-state index in [4.69, 9.17) is 4.74 Å². The fraction of sp³-hybridized carbons (Fsp3) is 0.263. The second-order valence-electron chi connectivity index (χ2n) is 5.76. The number of nitrogens with one attached hydrogen (secondary N) is 2. The maximum absolute atomic E-state index is 13.2. The number of hydrogen-bond acceptors (Lipinski definition) is 3. The molecule has 3 rings (SSSR count). The summed E-state index contributed by atoms with van der Waals surface area (Å²) in [7, 11) is 1.58. The van der Waals surface area contributed by atoms with E-state index < -0.39 is 0 Å². The van der Waals surface area contributed by atoms with Gasteiger partial charge in [-0.15, -0.1) is 0 Å². The number of aromatic nitrogens is 2. The van der Waals surface area contributed by atoms with E-state index in [1.165, 1.54) is 12.1 Å². The molecule has 0 unspecified atom stereocenters. The fourth-order valence-corrected chi connectivity index (χ4v) is 2.73. The standard InChI is InChI=1S/C19H21FN4O2/c1-26-13-11-22-19(25)21-10-12-24-17-5-3-2-4-16(17)23-18(24)14-6-8-15(20)9-7-14/h2-9H,10-13H2,1H3,(H2,21,22,25). The number of halogens is 1. The number of ether oxygens (including phenoxy) is 1. The molecular weight excluding hydrogens is 335 g/mol. The summed E-state index contributed by atoms with van der Waals surface area (Å²) >= 11 is 0. The van der Waals surface area contributed by atoms with E-state index >= 15 is 0 Å². The van der Waals surface area contributed by atoms with Crippen molar-refractivity contribution in [2.75, 3.05) is 26.8 Å². The van der Waals surface area contributed by atoms with Crippen LogP contribution in [0.1, 0.15) is 0 Å². The minimum atomic E-state index is -0.286. The van der Waals surface area contributed by atoms with Crippen molar-refractivity contribution in [2.45, 2.75) is 6.54 Å². The van der Waals surface area contributed by atoms with Crippen molar-refractivity contribution in [1.82, 2.24) is 20.2 Å². The number of rotatable bonds is 7. The first kappa shape index (κ1) is 17.9. The highest BCUT2D eigenvalue weighted by molar-refractivity contribution is 5.80. The van der Waals surface area contributed by atoms with Crippen LogP contribution in [0.4, 0.5) is 9.18 Å². The molecule has 0 bridgehead atoms. The summed E-state index contributed by atoms with van der Waals surface area (Å²) in [4.78, 5) is 16.4. The smallest absolute Gasteiger partial charge is 0.314 e. The van der Waals surface area contributed by atoms with Crippen molar-refractivity contribution in [3.63, 3.8) is 0 Å². The monoisotopic (exact) mass is 356 g/mol. The van der Waals surface area contributed by atoms with Crippen LogP contribution < -0.4 is 10.6 Å². The zero-order valence-corrected chi connectivity index (χ0v) is 14.5. The SMILES string of the molecule is COCCNC(=O)NCCn1c(-c2ccc(F)cc2)nc2ccccc21. The zero-order valence-electron chi connectivity index (χ0n) is 14.5. The van der Waals surface area contributed by atoms with E-state index in [-0.39, 0.29) is 11.8 Å². The maximum atomic E-state index is 13.2. The highest BCUT2D eigenvalue weighted by atomic mass is 19.1. The highest BCUT2D eigenvalue weighted by Gasteiger charge is 2.12. The van der Waals surface area contributed by atoms with Crippen molar-refractivity contribution in [2.24, 2.45) is 0 Å². The van der Waals surface area contributed by atoms with Gasteiger partial charge >= 0.3 is 6.03 Å². The lowest BCUT2D eigenvalue weighted by molar-refractivity contribution is 0.196. The first-order chi connectivity index (χ1) is 12.7. The quantitative estimate of drug-likeness (QED) is 0.640. The summed E-state index contributed by atoms with van der Waals surface area (Å²) in [5, 5.41) is 5.53. The molecule has 1 aromatic heterocycles. The van der Waals surface area contributed by atoms with Gasteiger partial charge in [-0.2, -0.15) is 0 Å². The Hall–Kier alpha value is -2.93. The summed E-state index contributed by atoms with van der Waals surface area (Å²) in [5.41, 5.74) is 2.65. The van der Waals surface area contributed by atoms with Crippen LogP contribution in [-0.4, -0.2) is 42.4 Å². The Balaban J connectivity index is 1.77. The Morgan fingerprint density at radius 1 is 1.12 bits per heavy atom. The molecule has 0 radical (unpaired) electrons. The lowest BCUT2D eigenvalue weighted by Crippen LogP contribution is -2.38. The van der Waals surface area contributed by atoms with Crippen LogP contribution in [-0.2, 0) is 11.3 Å². The van der Waals surface area contributed by atoms with Gasteiger partial charge in [0.25, 0.3) is 0 Å². The minimum Gasteiger partial charge on any atom is -0.383 e. The number of imidazole rings is 1. The molecule has 3 aromatic rings. The number of urea groups is 1. The number of para-hydroxylation sites is 2. The van der Waals surface area contributed by atoms with Crippen molar-refractivity contribution in [3.05, 3.63) is 54.3 Å².